The average molecular weight is 260 g/mol. The molecule has 0 bridgehead atoms. The Morgan fingerprint density at radius 3 is 2.82 bits per heavy atom. The highest BCUT2D eigenvalue weighted by molar-refractivity contribution is 7.99. The number of hydrogen-bond donors (Lipinski definition) is 2. The fourth-order valence-corrected chi connectivity index (χ4v) is 2.87. The van der Waals surface area contributed by atoms with E-state index in [1.54, 1.807) is 0 Å². The van der Waals surface area contributed by atoms with Crippen LogP contribution in [0, 0.1) is 0 Å². The van der Waals surface area contributed by atoms with Crippen LogP contribution in [-0.2, 0) is 14.3 Å². The minimum absolute atomic E-state index is 0.222. The topological polar surface area (TPSA) is 67.4 Å². The first-order chi connectivity index (χ1) is 8.13. The fraction of sp³-hybridized carbons (Fsp3) is 0.818. The normalized spacial score (nSPS) is 21.6. The molecule has 0 aromatic heterocycles. The van der Waals surface area contributed by atoms with Crippen molar-refractivity contribution in [3.8, 4) is 0 Å². The molecule has 2 atom stereocenters. The van der Waals surface area contributed by atoms with Crippen molar-refractivity contribution < 1.29 is 14.3 Å². The Morgan fingerprint density at radius 1 is 1.53 bits per heavy atom. The molecule has 0 radical (unpaired) electrons. The highest BCUT2D eigenvalue weighted by atomic mass is 32.2. The van der Waals surface area contributed by atoms with Crippen LogP contribution in [0.2, 0.25) is 0 Å². The van der Waals surface area contributed by atoms with Gasteiger partial charge in [0, 0.05) is 25.3 Å². The Bertz CT molecular complexity index is 267. The zero-order valence-corrected chi connectivity index (χ0v) is 11.1. The first kappa shape index (κ1) is 14.3. The van der Waals surface area contributed by atoms with Gasteiger partial charge in [0.2, 0.25) is 5.91 Å². The summed E-state index contributed by atoms with van der Waals surface area (Å²) in [6.45, 7) is 1.82. The Kier molecular flexibility index (Phi) is 6.36. The van der Waals surface area contributed by atoms with Gasteiger partial charge in [-0.05, 0) is 18.6 Å². The van der Waals surface area contributed by atoms with Gasteiger partial charge in [-0.15, -0.1) is 0 Å². The van der Waals surface area contributed by atoms with Gasteiger partial charge in [0.05, 0.1) is 7.11 Å². The van der Waals surface area contributed by atoms with Crippen molar-refractivity contribution in [1.29, 1.82) is 0 Å². The minimum Gasteiger partial charge on any atom is -0.467 e. The zero-order valence-electron chi connectivity index (χ0n) is 10.3. The molecular formula is C11H20N2O3S. The SMILES string of the molecule is COC(=O)C(CNC1CCCSC1)NC(C)=O. The van der Waals surface area contributed by atoms with Crippen molar-refractivity contribution >= 4 is 23.6 Å². The van der Waals surface area contributed by atoms with Gasteiger partial charge < -0.3 is 15.4 Å². The third-order valence-corrected chi connectivity index (χ3v) is 3.85. The first-order valence-corrected chi connectivity index (χ1v) is 6.95. The molecule has 98 valence electrons. The van der Waals surface area contributed by atoms with E-state index in [-0.39, 0.29) is 5.91 Å². The predicted molar refractivity (Wildman–Crippen MR) is 68.0 cm³/mol. The third-order valence-electron chi connectivity index (χ3n) is 2.63. The van der Waals surface area contributed by atoms with E-state index < -0.39 is 12.0 Å². The highest BCUT2D eigenvalue weighted by Crippen LogP contribution is 2.16. The van der Waals surface area contributed by atoms with E-state index in [0.29, 0.717) is 12.6 Å². The number of thioether (sulfide) groups is 1. The summed E-state index contributed by atoms with van der Waals surface area (Å²) < 4.78 is 4.65. The Balaban J connectivity index is 2.36. The molecule has 0 aromatic carbocycles. The van der Waals surface area contributed by atoms with Gasteiger partial charge in [0.25, 0.3) is 0 Å². The van der Waals surface area contributed by atoms with Crippen LogP contribution in [0.1, 0.15) is 19.8 Å². The lowest BCUT2D eigenvalue weighted by molar-refractivity contribution is -0.144. The van der Waals surface area contributed by atoms with E-state index in [4.69, 9.17) is 0 Å². The predicted octanol–water partition coefficient (Wildman–Crippen LogP) is 0.149. The molecule has 0 spiro atoms. The number of nitrogens with one attached hydrogen (secondary N) is 2. The molecule has 1 heterocycles. The third kappa shape index (κ3) is 5.41. The van der Waals surface area contributed by atoms with E-state index in [9.17, 15) is 9.59 Å². The van der Waals surface area contributed by atoms with Gasteiger partial charge in [-0.1, -0.05) is 0 Å². The molecule has 0 saturated carbocycles. The van der Waals surface area contributed by atoms with Crippen LogP contribution in [0.25, 0.3) is 0 Å². The van der Waals surface area contributed by atoms with Gasteiger partial charge in [-0.3, -0.25) is 4.79 Å². The summed E-state index contributed by atoms with van der Waals surface area (Å²) in [6, 6.07) is -0.168. The lowest BCUT2D eigenvalue weighted by Gasteiger charge is -2.25. The Morgan fingerprint density at radius 2 is 2.29 bits per heavy atom. The summed E-state index contributed by atoms with van der Waals surface area (Å²) in [5, 5.41) is 5.89. The molecule has 2 unspecified atom stereocenters. The lowest BCUT2D eigenvalue weighted by Crippen LogP contribution is -2.50. The van der Waals surface area contributed by atoms with Gasteiger partial charge in [0.1, 0.15) is 6.04 Å². The summed E-state index contributed by atoms with van der Waals surface area (Å²) in [5.74, 6) is 1.65. The number of carbonyl (C=O) groups is 2. The first-order valence-electron chi connectivity index (χ1n) is 5.79. The van der Waals surface area contributed by atoms with Crippen molar-refractivity contribution in [3.05, 3.63) is 0 Å². The van der Waals surface area contributed by atoms with E-state index in [0.717, 1.165) is 12.2 Å². The van der Waals surface area contributed by atoms with Gasteiger partial charge >= 0.3 is 5.97 Å². The van der Waals surface area contributed by atoms with Crippen molar-refractivity contribution in [2.45, 2.75) is 31.8 Å². The Labute approximate surface area is 106 Å². The van der Waals surface area contributed by atoms with E-state index >= 15 is 0 Å². The van der Waals surface area contributed by atoms with Crippen molar-refractivity contribution in [1.82, 2.24) is 10.6 Å². The maximum atomic E-state index is 11.4. The van der Waals surface area contributed by atoms with Crippen LogP contribution in [0.5, 0.6) is 0 Å². The van der Waals surface area contributed by atoms with Crippen molar-refractivity contribution in [2.24, 2.45) is 0 Å². The Hall–Kier alpha value is -0.750. The summed E-state index contributed by atoms with van der Waals surface area (Å²) in [4.78, 5) is 22.4. The number of amides is 1. The largest absolute Gasteiger partial charge is 0.467 e. The average Bonchev–Trinajstić information content (AvgIpc) is 2.34. The second kappa shape index (κ2) is 7.55. The molecule has 5 nitrogen and oxygen atoms in total. The van der Waals surface area contributed by atoms with E-state index in [1.165, 1.54) is 26.2 Å². The minimum atomic E-state index is -0.593. The van der Waals surface area contributed by atoms with Crippen LogP contribution in [0.15, 0.2) is 0 Å². The monoisotopic (exact) mass is 260 g/mol. The zero-order chi connectivity index (χ0) is 12.7. The quantitative estimate of drug-likeness (QED) is 0.689. The molecule has 1 aliphatic rings. The highest BCUT2D eigenvalue weighted by Gasteiger charge is 2.22. The molecule has 6 heteroatoms. The molecule has 1 amide bonds. The van der Waals surface area contributed by atoms with Crippen LogP contribution in [0.3, 0.4) is 0 Å². The fourth-order valence-electron chi connectivity index (χ4n) is 1.77. The maximum absolute atomic E-state index is 11.4. The smallest absolute Gasteiger partial charge is 0.329 e. The molecular weight excluding hydrogens is 240 g/mol. The number of ether oxygens (including phenoxy) is 1. The molecule has 1 rings (SSSR count). The van der Waals surface area contributed by atoms with Crippen LogP contribution < -0.4 is 10.6 Å². The second-order valence-electron chi connectivity index (χ2n) is 4.10. The number of rotatable bonds is 5. The number of carbonyl (C=O) groups excluding carboxylic acids is 2. The summed E-state index contributed by atoms with van der Waals surface area (Å²) >= 11 is 1.92. The number of methoxy groups -OCH3 is 1. The standard InChI is InChI=1S/C11H20N2O3S/c1-8(14)13-10(11(15)16-2)6-12-9-4-3-5-17-7-9/h9-10,12H,3-7H2,1-2H3,(H,13,14). The number of hydrogen-bond acceptors (Lipinski definition) is 5. The maximum Gasteiger partial charge on any atom is 0.329 e. The van der Waals surface area contributed by atoms with Gasteiger partial charge in [-0.25, -0.2) is 4.79 Å². The molecule has 0 aliphatic carbocycles. The second-order valence-corrected chi connectivity index (χ2v) is 5.25. The summed E-state index contributed by atoms with van der Waals surface area (Å²) in [7, 11) is 1.33. The molecule has 1 aliphatic heterocycles. The summed E-state index contributed by atoms with van der Waals surface area (Å²) in [5.41, 5.74) is 0. The van der Waals surface area contributed by atoms with Gasteiger partial charge in [-0.2, -0.15) is 11.8 Å². The van der Waals surface area contributed by atoms with E-state index in [2.05, 4.69) is 15.4 Å². The van der Waals surface area contributed by atoms with Crippen LogP contribution in [0.4, 0.5) is 0 Å². The van der Waals surface area contributed by atoms with Crippen molar-refractivity contribution in [3.63, 3.8) is 0 Å². The lowest BCUT2D eigenvalue weighted by atomic mass is 10.1. The molecule has 17 heavy (non-hydrogen) atoms. The van der Waals surface area contributed by atoms with E-state index in [1.807, 2.05) is 11.8 Å². The molecule has 1 saturated heterocycles. The molecule has 0 aromatic rings. The van der Waals surface area contributed by atoms with Crippen LogP contribution in [-0.4, -0.2) is 49.1 Å². The molecule has 2 N–H and O–H groups in total. The molecule has 1 fully saturated rings. The summed E-state index contributed by atoms with van der Waals surface area (Å²) in [6.07, 6.45) is 2.33. The number of esters is 1. The van der Waals surface area contributed by atoms with Crippen molar-refractivity contribution in [2.75, 3.05) is 25.2 Å². The van der Waals surface area contributed by atoms with Gasteiger partial charge in [0.15, 0.2) is 0 Å². The van der Waals surface area contributed by atoms with Crippen LogP contribution >= 0.6 is 11.8 Å².